The van der Waals surface area contributed by atoms with E-state index >= 15 is 0 Å². The summed E-state index contributed by atoms with van der Waals surface area (Å²) >= 11 is 4.07. The Bertz CT molecular complexity index is 207. The summed E-state index contributed by atoms with van der Waals surface area (Å²) in [7, 11) is 0. The van der Waals surface area contributed by atoms with Crippen molar-refractivity contribution >= 4 is 29.7 Å². The van der Waals surface area contributed by atoms with Gasteiger partial charge in [-0.2, -0.15) is 23.5 Å². The lowest BCUT2D eigenvalue weighted by Gasteiger charge is -1.76. The van der Waals surface area contributed by atoms with Crippen LogP contribution in [0.15, 0.2) is 28.2 Å². The number of aromatic nitrogens is 1. The van der Waals surface area contributed by atoms with Crippen LogP contribution in [0, 0.1) is 0 Å². The summed E-state index contributed by atoms with van der Waals surface area (Å²) in [6.07, 6.45) is 5.85. The summed E-state index contributed by atoms with van der Waals surface area (Å²) in [4.78, 5) is 4.51. The van der Waals surface area contributed by atoms with Crippen molar-refractivity contribution in [2.75, 3.05) is 23.2 Å². The second-order valence-electron chi connectivity index (χ2n) is 2.53. The van der Waals surface area contributed by atoms with E-state index in [1.54, 1.807) is 18.5 Å². The zero-order chi connectivity index (χ0) is 10.6. The standard InChI is InChI=1S/C3H5NO.C3H3NO.C3H6S2/c2*1-2-4-5-3-1;1-2-5-3-4-1/h2H,1,3H2;1-3H;1-3H2. The van der Waals surface area contributed by atoms with Gasteiger partial charge in [-0.15, -0.1) is 0 Å². The van der Waals surface area contributed by atoms with Crippen molar-refractivity contribution in [1.29, 1.82) is 0 Å². The van der Waals surface area contributed by atoms with Crippen molar-refractivity contribution in [1.82, 2.24) is 5.16 Å². The molecular weight excluding hydrogens is 232 g/mol. The molecule has 0 bridgehead atoms. The van der Waals surface area contributed by atoms with E-state index in [9.17, 15) is 0 Å². The summed E-state index contributed by atoms with van der Waals surface area (Å²) < 4.78 is 4.33. The summed E-state index contributed by atoms with van der Waals surface area (Å²) in [6.45, 7) is 0.778. The molecule has 3 rings (SSSR count). The van der Waals surface area contributed by atoms with Crippen LogP contribution in [0.4, 0.5) is 0 Å². The smallest absolute Gasteiger partial charge is 0.123 e. The second kappa shape index (κ2) is 9.92. The number of oxime groups is 1. The first-order valence-corrected chi connectivity index (χ1v) is 6.94. The van der Waals surface area contributed by atoms with Gasteiger partial charge in [0.15, 0.2) is 0 Å². The summed E-state index contributed by atoms with van der Waals surface area (Å²) in [5.41, 5.74) is 0. The third-order valence-corrected chi connectivity index (χ3v) is 3.95. The van der Waals surface area contributed by atoms with Crippen molar-refractivity contribution in [2.45, 2.75) is 6.42 Å². The van der Waals surface area contributed by atoms with E-state index in [4.69, 9.17) is 0 Å². The van der Waals surface area contributed by atoms with E-state index < -0.39 is 0 Å². The number of hydrogen-bond donors (Lipinski definition) is 0. The van der Waals surface area contributed by atoms with E-state index in [1.165, 1.54) is 22.9 Å². The van der Waals surface area contributed by atoms with Crippen molar-refractivity contribution in [3.8, 4) is 0 Å². The molecule has 84 valence electrons. The van der Waals surface area contributed by atoms with E-state index in [0.717, 1.165) is 13.0 Å². The van der Waals surface area contributed by atoms with Crippen LogP contribution in [-0.2, 0) is 4.84 Å². The Hall–Kier alpha value is -0.620. The van der Waals surface area contributed by atoms with Gasteiger partial charge in [-0.3, -0.25) is 0 Å². The molecule has 0 N–H and O–H groups in total. The molecule has 0 atom stereocenters. The predicted molar refractivity (Wildman–Crippen MR) is 65.3 cm³/mol. The third-order valence-electron chi connectivity index (χ3n) is 1.37. The van der Waals surface area contributed by atoms with E-state index in [1.807, 2.05) is 23.5 Å². The molecule has 0 amide bonds. The highest BCUT2D eigenvalue weighted by Gasteiger charge is 1.95. The third kappa shape index (κ3) is 8.38. The topological polar surface area (TPSA) is 47.6 Å². The Labute approximate surface area is 97.8 Å². The molecule has 0 radical (unpaired) electrons. The van der Waals surface area contributed by atoms with Gasteiger partial charge in [0.2, 0.25) is 0 Å². The molecule has 2 aliphatic heterocycles. The van der Waals surface area contributed by atoms with Crippen LogP contribution in [0.1, 0.15) is 6.42 Å². The van der Waals surface area contributed by atoms with Gasteiger partial charge in [-0.1, -0.05) is 10.3 Å². The molecule has 0 unspecified atom stereocenters. The van der Waals surface area contributed by atoms with Crippen molar-refractivity contribution in [3.63, 3.8) is 0 Å². The van der Waals surface area contributed by atoms with Gasteiger partial charge in [0, 0.05) is 29.2 Å². The highest BCUT2D eigenvalue weighted by Crippen LogP contribution is 2.20. The quantitative estimate of drug-likeness (QED) is 0.704. The van der Waals surface area contributed by atoms with E-state index in [-0.39, 0.29) is 0 Å². The summed E-state index contributed by atoms with van der Waals surface area (Å²) in [6, 6.07) is 1.72. The molecule has 1 saturated heterocycles. The molecule has 0 aliphatic carbocycles. The summed E-state index contributed by atoms with van der Waals surface area (Å²) in [5, 5.41) is 8.14. The Balaban J connectivity index is 0.000000112. The normalized spacial score (nSPS) is 17.1. The van der Waals surface area contributed by atoms with Crippen molar-refractivity contribution in [3.05, 3.63) is 18.5 Å². The van der Waals surface area contributed by atoms with Crippen LogP contribution in [0.5, 0.6) is 0 Å². The van der Waals surface area contributed by atoms with Crippen LogP contribution < -0.4 is 0 Å². The van der Waals surface area contributed by atoms with Crippen molar-refractivity contribution in [2.24, 2.45) is 5.16 Å². The van der Waals surface area contributed by atoms with Gasteiger partial charge in [0.05, 0.1) is 6.20 Å². The molecule has 0 spiro atoms. The maximum atomic E-state index is 4.51. The average molecular weight is 246 g/mol. The molecule has 4 nitrogen and oxygen atoms in total. The Morgan fingerprint density at radius 2 is 2.07 bits per heavy atom. The maximum Gasteiger partial charge on any atom is 0.123 e. The molecule has 0 aromatic carbocycles. The fraction of sp³-hybridized carbons (Fsp3) is 0.556. The van der Waals surface area contributed by atoms with Crippen LogP contribution in [0.25, 0.3) is 0 Å². The van der Waals surface area contributed by atoms with Crippen LogP contribution in [-0.4, -0.2) is 34.6 Å². The number of hydrogen-bond acceptors (Lipinski definition) is 6. The van der Waals surface area contributed by atoms with Crippen LogP contribution in [0.3, 0.4) is 0 Å². The Morgan fingerprint density at radius 3 is 2.27 bits per heavy atom. The van der Waals surface area contributed by atoms with Crippen LogP contribution in [0.2, 0.25) is 0 Å². The highest BCUT2D eigenvalue weighted by molar-refractivity contribution is 8.19. The number of nitrogens with zero attached hydrogens (tertiary/aromatic N) is 2. The van der Waals surface area contributed by atoms with E-state index in [0.29, 0.717) is 0 Å². The molecule has 2 aliphatic rings. The zero-order valence-corrected chi connectivity index (χ0v) is 10.0. The predicted octanol–water partition coefficient (Wildman–Crippen LogP) is 2.49. The lowest BCUT2D eigenvalue weighted by molar-refractivity contribution is 0.174. The van der Waals surface area contributed by atoms with Gasteiger partial charge in [-0.05, 0) is 6.07 Å². The molecular formula is C9H14N2O2S2. The minimum Gasteiger partial charge on any atom is -0.396 e. The Kier molecular flexibility index (Phi) is 8.23. The molecule has 6 heteroatoms. The molecule has 1 fully saturated rings. The largest absolute Gasteiger partial charge is 0.396 e. The molecule has 0 saturated carbocycles. The average Bonchev–Trinajstić information content (AvgIpc) is 3.09. The summed E-state index contributed by atoms with van der Waals surface area (Å²) in [5.74, 6) is 2.76. The van der Waals surface area contributed by atoms with Crippen LogP contribution >= 0.6 is 23.5 Å². The number of rotatable bonds is 0. The van der Waals surface area contributed by atoms with Crippen molar-refractivity contribution < 1.29 is 9.36 Å². The first-order chi connectivity index (χ1) is 7.50. The number of thioether (sulfide) groups is 2. The molecule has 3 heterocycles. The highest BCUT2D eigenvalue weighted by atomic mass is 32.2. The minimum atomic E-state index is 0.778. The first kappa shape index (κ1) is 12.4. The SMILES string of the molecule is C1=NOCC1.C1CSCS1.c1cnoc1. The van der Waals surface area contributed by atoms with Gasteiger partial charge in [0.25, 0.3) is 0 Å². The Morgan fingerprint density at radius 1 is 1.20 bits per heavy atom. The fourth-order valence-electron chi connectivity index (χ4n) is 0.734. The maximum absolute atomic E-state index is 4.51. The fourth-order valence-corrected chi connectivity index (χ4v) is 3.09. The minimum absolute atomic E-state index is 0.778. The molecule has 1 aromatic rings. The molecule has 1 aromatic heterocycles. The van der Waals surface area contributed by atoms with Gasteiger partial charge < -0.3 is 9.36 Å². The van der Waals surface area contributed by atoms with Gasteiger partial charge in [-0.25, -0.2) is 0 Å². The zero-order valence-electron chi connectivity index (χ0n) is 8.37. The lowest BCUT2D eigenvalue weighted by Crippen LogP contribution is -1.72. The first-order valence-electron chi connectivity index (χ1n) is 4.64. The van der Waals surface area contributed by atoms with Gasteiger partial charge >= 0.3 is 0 Å². The molecule has 15 heavy (non-hydrogen) atoms. The lowest BCUT2D eigenvalue weighted by atomic mass is 10.5. The van der Waals surface area contributed by atoms with E-state index in [2.05, 4.69) is 19.7 Å². The second-order valence-corrected chi connectivity index (χ2v) is 5.11. The monoisotopic (exact) mass is 246 g/mol. The van der Waals surface area contributed by atoms with Gasteiger partial charge in [0.1, 0.15) is 12.9 Å².